The van der Waals surface area contributed by atoms with Gasteiger partial charge in [-0.25, -0.2) is 4.79 Å². The molecule has 0 radical (unpaired) electrons. The molecule has 0 saturated heterocycles. The summed E-state index contributed by atoms with van der Waals surface area (Å²) in [6, 6.07) is 9.95. The molecule has 118 valence electrons. The largest absolute Gasteiger partial charge is 0.465 e. The molecule has 0 heterocycles. The minimum atomic E-state index is -0.655. The molecule has 0 spiro atoms. The van der Waals surface area contributed by atoms with E-state index in [0.717, 1.165) is 6.07 Å². The SMILES string of the molecule is COC(=O)c1ccccc1C(=O)Nc1ccc(Cl)c([N+](=O)[O-])c1. The highest BCUT2D eigenvalue weighted by Gasteiger charge is 2.19. The molecular weight excluding hydrogens is 324 g/mol. The highest BCUT2D eigenvalue weighted by Crippen LogP contribution is 2.27. The normalized spacial score (nSPS) is 10.0. The number of rotatable bonds is 4. The molecule has 0 saturated carbocycles. The van der Waals surface area contributed by atoms with Gasteiger partial charge in [0.05, 0.1) is 23.2 Å². The number of methoxy groups -OCH3 is 1. The van der Waals surface area contributed by atoms with Crippen LogP contribution in [-0.2, 0) is 4.74 Å². The molecule has 0 aliphatic heterocycles. The van der Waals surface area contributed by atoms with Crippen LogP contribution in [0.1, 0.15) is 20.7 Å². The zero-order valence-electron chi connectivity index (χ0n) is 11.9. The van der Waals surface area contributed by atoms with Gasteiger partial charge in [0.1, 0.15) is 5.02 Å². The molecule has 0 aliphatic rings. The van der Waals surface area contributed by atoms with Crippen molar-refractivity contribution >= 4 is 34.9 Å². The number of hydrogen-bond acceptors (Lipinski definition) is 5. The van der Waals surface area contributed by atoms with Crippen LogP contribution in [0.5, 0.6) is 0 Å². The molecule has 0 fully saturated rings. The van der Waals surface area contributed by atoms with Crippen LogP contribution in [0.4, 0.5) is 11.4 Å². The molecule has 23 heavy (non-hydrogen) atoms. The lowest BCUT2D eigenvalue weighted by molar-refractivity contribution is -0.384. The van der Waals surface area contributed by atoms with Crippen LogP contribution in [-0.4, -0.2) is 23.9 Å². The molecule has 7 nitrogen and oxygen atoms in total. The summed E-state index contributed by atoms with van der Waals surface area (Å²) in [7, 11) is 1.21. The zero-order chi connectivity index (χ0) is 17.0. The average molecular weight is 335 g/mol. The fourth-order valence-corrected chi connectivity index (χ4v) is 2.08. The van der Waals surface area contributed by atoms with Gasteiger partial charge in [0.25, 0.3) is 11.6 Å². The summed E-state index contributed by atoms with van der Waals surface area (Å²) in [5.74, 6) is -1.25. The maximum Gasteiger partial charge on any atom is 0.338 e. The third-order valence-electron chi connectivity index (χ3n) is 2.98. The third kappa shape index (κ3) is 3.64. The van der Waals surface area contributed by atoms with Gasteiger partial charge in [-0.3, -0.25) is 14.9 Å². The Kier molecular flexibility index (Phi) is 4.92. The Morgan fingerprint density at radius 1 is 1.17 bits per heavy atom. The number of amides is 1. The standard InChI is InChI=1S/C15H11ClN2O5/c1-23-15(20)11-5-3-2-4-10(11)14(19)17-9-6-7-12(16)13(8-9)18(21)22/h2-8H,1H3,(H,17,19). The molecular formula is C15H11ClN2O5. The number of nitro benzene ring substituents is 1. The lowest BCUT2D eigenvalue weighted by Gasteiger charge is -2.09. The number of hydrogen-bond donors (Lipinski definition) is 1. The summed E-state index contributed by atoms with van der Waals surface area (Å²) in [6.07, 6.45) is 0. The Morgan fingerprint density at radius 2 is 1.83 bits per heavy atom. The van der Waals surface area contributed by atoms with Crippen LogP contribution in [0.3, 0.4) is 0 Å². The Balaban J connectivity index is 2.32. The van der Waals surface area contributed by atoms with Crippen LogP contribution in [0.25, 0.3) is 0 Å². The quantitative estimate of drug-likeness (QED) is 0.525. The first-order valence-corrected chi connectivity index (χ1v) is 6.74. The first-order valence-electron chi connectivity index (χ1n) is 6.36. The van der Waals surface area contributed by atoms with Crippen LogP contribution >= 0.6 is 11.6 Å². The van der Waals surface area contributed by atoms with Gasteiger partial charge in [0, 0.05) is 11.8 Å². The van der Waals surface area contributed by atoms with Crippen molar-refractivity contribution in [2.24, 2.45) is 0 Å². The molecule has 0 aromatic heterocycles. The van der Waals surface area contributed by atoms with Gasteiger partial charge in [-0.1, -0.05) is 23.7 Å². The number of nitrogens with zero attached hydrogens (tertiary/aromatic N) is 1. The van der Waals surface area contributed by atoms with Crippen molar-refractivity contribution in [3.63, 3.8) is 0 Å². The van der Waals surface area contributed by atoms with Gasteiger partial charge >= 0.3 is 5.97 Å². The topological polar surface area (TPSA) is 98.5 Å². The van der Waals surface area contributed by atoms with Gasteiger partial charge in [-0.05, 0) is 24.3 Å². The molecule has 1 amide bonds. The monoisotopic (exact) mass is 334 g/mol. The van der Waals surface area contributed by atoms with Gasteiger partial charge in [0.2, 0.25) is 0 Å². The van der Waals surface area contributed by atoms with Crippen molar-refractivity contribution in [2.75, 3.05) is 12.4 Å². The predicted octanol–water partition coefficient (Wildman–Crippen LogP) is 3.29. The van der Waals surface area contributed by atoms with E-state index in [2.05, 4.69) is 10.1 Å². The smallest absolute Gasteiger partial charge is 0.338 e. The fourth-order valence-electron chi connectivity index (χ4n) is 1.90. The molecule has 0 bridgehead atoms. The summed E-state index contributed by atoms with van der Waals surface area (Å²) in [4.78, 5) is 34.2. The maximum atomic E-state index is 12.3. The lowest BCUT2D eigenvalue weighted by atomic mass is 10.1. The van der Waals surface area contributed by atoms with E-state index < -0.39 is 16.8 Å². The highest BCUT2D eigenvalue weighted by molar-refractivity contribution is 6.32. The minimum absolute atomic E-state index is 0.0389. The number of nitrogens with one attached hydrogen (secondary N) is 1. The number of carbonyl (C=O) groups excluding carboxylic acids is 2. The number of nitro groups is 1. The van der Waals surface area contributed by atoms with Gasteiger partial charge < -0.3 is 10.1 Å². The summed E-state index contributed by atoms with van der Waals surface area (Å²) in [5, 5.41) is 13.3. The zero-order valence-corrected chi connectivity index (χ0v) is 12.7. The number of carbonyl (C=O) groups is 2. The van der Waals surface area contributed by atoms with E-state index in [1.165, 1.54) is 31.4 Å². The molecule has 2 rings (SSSR count). The molecule has 2 aromatic carbocycles. The van der Waals surface area contributed by atoms with E-state index in [4.69, 9.17) is 11.6 Å². The van der Waals surface area contributed by atoms with Crippen LogP contribution in [0.2, 0.25) is 5.02 Å². The Morgan fingerprint density at radius 3 is 2.43 bits per heavy atom. The average Bonchev–Trinajstić information content (AvgIpc) is 2.55. The van der Waals surface area contributed by atoms with Crippen molar-refractivity contribution in [2.45, 2.75) is 0 Å². The fraction of sp³-hybridized carbons (Fsp3) is 0.0667. The highest BCUT2D eigenvalue weighted by atomic mass is 35.5. The first kappa shape index (κ1) is 16.4. The van der Waals surface area contributed by atoms with Crippen molar-refractivity contribution in [1.29, 1.82) is 0 Å². The molecule has 0 aliphatic carbocycles. The first-order chi connectivity index (χ1) is 10.9. The number of esters is 1. The Bertz CT molecular complexity index is 791. The predicted molar refractivity (Wildman–Crippen MR) is 83.8 cm³/mol. The van der Waals surface area contributed by atoms with E-state index in [1.807, 2.05) is 0 Å². The second-order valence-corrected chi connectivity index (χ2v) is 4.82. The van der Waals surface area contributed by atoms with Crippen LogP contribution in [0.15, 0.2) is 42.5 Å². The lowest BCUT2D eigenvalue weighted by Crippen LogP contribution is -2.17. The van der Waals surface area contributed by atoms with E-state index in [0.29, 0.717) is 0 Å². The van der Waals surface area contributed by atoms with Gasteiger partial charge in [-0.2, -0.15) is 0 Å². The van der Waals surface area contributed by atoms with E-state index in [-0.39, 0.29) is 27.5 Å². The summed E-state index contributed by atoms with van der Waals surface area (Å²) < 4.78 is 4.62. The number of benzene rings is 2. The number of halogens is 1. The molecule has 1 N–H and O–H groups in total. The summed E-state index contributed by atoms with van der Waals surface area (Å²) >= 11 is 5.71. The van der Waals surface area contributed by atoms with Crippen LogP contribution in [0, 0.1) is 10.1 Å². The van der Waals surface area contributed by atoms with E-state index in [1.54, 1.807) is 12.1 Å². The molecule has 0 atom stereocenters. The van der Waals surface area contributed by atoms with E-state index >= 15 is 0 Å². The van der Waals surface area contributed by atoms with Crippen molar-refractivity contribution in [1.82, 2.24) is 0 Å². The summed E-state index contributed by atoms with van der Waals surface area (Å²) in [5.41, 5.74) is 0.0457. The summed E-state index contributed by atoms with van der Waals surface area (Å²) in [6.45, 7) is 0. The number of anilines is 1. The van der Waals surface area contributed by atoms with Crippen molar-refractivity contribution < 1.29 is 19.2 Å². The molecule has 8 heteroatoms. The third-order valence-corrected chi connectivity index (χ3v) is 3.30. The number of ether oxygens (including phenoxy) is 1. The van der Waals surface area contributed by atoms with Crippen molar-refractivity contribution in [3.05, 3.63) is 68.7 Å². The second-order valence-electron chi connectivity index (χ2n) is 4.41. The second kappa shape index (κ2) is 6.89. The minimum Gasteiger partial charge on any atom is -0.465 e. The molecule has 0 unspecified atom stereocenters. The van der Waals surface area contributed by atoms with Gasteiger partial charge in [0.15, 0.2) is 0 Å². The van der Waals surface area contributed by atoms with Gasteiger partial charge in [-0.15, -0.1) is 0 Å². The molecule has 2 aromatic rings. The van der Waals surface area contributed by atoms with Crippen molar-refractivity contribution in [3.8, 4) is 0 Å². The van der Waals surface area contributed by atoms with Crippen LogP contribution < -0.4 is 5.32 Å². The van der Waals surface area contributed by atoms with E-state index in [9.17, 15) is 19.7 Å². The Hall–Kier alpha value is -2.93. The Labute approximate surface area is 136 Å². The maximum absolute atomic E-state index is 12.3.